The number of carbonyl (C=O) groups excluding carboxylic acids is 2. The Labute approximate surface area is 123 Å². The maximum Gasteiger partial charge on any atom is 0.303 e. The summed E-state index contributed by atoms with van der Waals surface area (Å²) < 4.78 is 16.3. The Morgan fingerprint density at radius 3 is 2.20 bits per heavy atom. The highest BCUT2D eigenvalue weighted by Gasteiger charge is 2.47. The van der Waals surface area contributed by atoms with E-state index in [4.69, 9.17) is 14.2 Å². The van der Waals surface area contributed by atoms with Gasteiger partial charge in [-0.25, -0.2) is 0 Å². The van der Waals surface area contributed by atoms with Gasteiger partial charge in [-0.2, -0.15) is 0 Å². The average molecular weight is 306 g/mol. The van der Waals surface area contributed by atoms with Crippen molar-refractivity contribution in [3.63, 3.8) is 0 Å². The van der Waals surface area contributed by atoms with Crippen molar-refractivity contribution in [3.8, 4) is 0 Å². The van der Waals surface area contributed by atoms with Crippen molar-refractivity contribution >= 4 is 23.7 Å². The molecule has 0 bridgehead atoms. The van der Waals surface area contributed by atoms with Crippen LogP contribution in [0.4, 0.5) is 0 Å². The molecule has 1 saturated heterocycles. The summed E-state index contributed by atoms with van der Waals surface area (Å²) >= 11 is 1.57. The van der Waals surface area contributed by atoms with Gasteiger partial charge in [0.15, 0.2) is 6.10 Å². The minimum Gasteiger partial charge on any atom is -0.458 e. The molecular weight excluding hydrogens is 284 g/mol. The second-order valence-electron chi connectivity index (χ2n) is 4.69. The Kier molecular flexibility index (Phi) is 6.78. The van der Waals surface area contributed by atoms with Crippen LogP contribution < -0.4 is 0 Å². The van der Waals surface area contributed by atoms with Gasteiger partial charge in [-0.1, -0.05) is 13.8 Å². The van der Waals surface area contributed by atoms with Gasteiger partial charge in [0.25, 0.3) is 0 Å². The topological polar surface area (TPSA) is 82.1 Å². The van der Waals surface area contributed by atoms with Crippen LogP contribution in [0.2, 0.25) is 0 Å². The Morgan fingerprint density at radius 2 is 1.75 bits per heavy atom. The number of aliphatic hydroxyl groups excluding tert-OH is 1. The molecule has 116 valence electrons. The lowest BCUT2D eigenvalue weighted by atomic mass is 9.93. The first kappa shape index (κ1) is 17.3. The molecule has 7 heteroatoms. The Balaban J connectivity index is 2.96. The Hall–Kier alpha value is -0.790. The van der Waals surface area contributed by atoms with Gasteiger partial charge in [-0.05, 0) is 5.75 Å². The predicted octanol–water partition coefficient (Wildman–Crippen LogP) is 0.956. The van der Waals surface area contributed by atoms with E-state index in [0.29, 0.717) is 0 Å². The molecule has 1 fully saturated rings. The van der Waals surface area contributed by atoms with Crippen LogP contribution >= 0.6 is 11.8 Å². The van der Waals surface area contributed by atoms with Crippen molar-refractivity contribution in [1.29, 1.82) is 0 Å². The van der Waals surface area contributed by atoms with E-state index in [0.717, 1.165) is 5.75 Å². The molecule has 0 spiro atoms. The third kappa shape index (κ3) is 4.36. The van der Waals surface area contributed by atoms with Crippen LogP contribution in [0.5, 0.6) is 0 Å². The standard InChI is InChI=1S/C13H22O6S/c1-5-20-13-7(2)11(17-8(3)15)12(18-9(4)16)10(6-14)19-13/h7,10-14H,5-6H2,1-4H3/t7?,10?,11-,12-,13-/m1/s1. The summed E-state index contributed by atoms with van der Waals surface area (Å²) in [6.07, 6.45) is -2.10. The smallest absolute Gasteiger partial charge is 0.303 e. The van der Waals surface area contributed by atoms with Gasteiger partial charge in [0.2, 0.25) is 0 Å². The molecule has 0 aromatic rings. The molecule has 1 aliphatic heterocycles. The first-order valence-corrected chi connectivity index (χ1v) is 7.67. The highest BCUT2D eigenvalue weighted by molar-refractivity contribution is 7.99. The number of carbonyl (C=O) groups is 2. The summed E-state index contributed by atoms with van der Waals surface area (Å²) in [4.78, 5) is 22.5. The van der Waals surface area contributed by atoms with Crippen molar-refractivity contribution < 1.29 is 28.9 Å². The number of ether oxygens (including phenoxy) is 3. The fourth-order valence-electron chi connectivity index (χ4n) is 2.24. The van der Waals surface area contributed by atoms with Crippen LogP contribution in [0.15, 0.2) is 0 Å². The van der Waals surface area contributed by atoms with Gasteiger partial charge >= 0.3 is 11.9 Å². The molecule has 2 unspecified atom stereocenters. The van der Waals surface area contributed by atoms with E-state index in [1.807, 2.05) is 13.8 Å². The molecule has 6 nitrogen and oxygen atoms in total. The van der Waals surface area contributed by atoms with Gasteiger partial charge in [-0.15, -0.1) is 11.8 Å². The fourth-order valence-corrected chi connectivity index (χ4v) is 3.25. The molecule has 0 aromatic carbocycles. The van der Waals surface area contributed by atoms with Crippen molar-refractivity contribution in [1.82, 2.24) is 0 Å². The van der Waals surface area contributed by atoms with E-state index in [2.05, 4.69) is 0 Å². The van der Waals surface area contributed by atoms with Crippen LogP contribution in [0.25, 0.3) is 0 Å². The molecule has 0 radical (unpaired) electrons. The first-order chi connectivity index (χ1) is 9.40. The third-order valence-corrected chi connectivity index (χ3v) is 4.26. The van der Waals surface area contributed by atoms with Crippen molar-refractivity contribution in [2.24, 2.45) is 5.92 Å². The summed E-state index contributed by atoms with van der Waals surface area (Å²) in [5, 5.41) is 9.43. The minimum atomic E-state index is -0.787. The Morgan fingerprint density at radius 1 is 1.20 bits per heavy atom. The number of hydrogen-bond acceptors (Lipinski definition) is 7. The summed E-state index contributed by atoms with van der Waals surface area (Å²) in [5.74, 6) is -0.255. The van der Waals surface area contributed by atoms with E-state index in [9.17, 15) is 14.7 Å². The number of hydrogen-bond donors (Lipinski definition) is 1. The van der Waals surface area contributed by atoms with E-state index in [-0.39, 0.29) is 18.0 Å². The monoisotopic (exact) mass is 306 g/mol. The molecule has 0 aromatic heterocycles. The van der Waals surface area contributed by atoms with Gasteiger partial charge < -0.3 is 19.3 Å². The number of rotatable bonds is 5. The largest absolute Gasteiger partial charge is 0.458 e. The summed E-state index contributed by atoms with van der Waals surface area (Å²) in [6.45, 7) is 6.15. The van der Waals surface area contributed by atoms with Crippen LogP contribution in [0, 0.1) is 5.92 Å². The lowest BCUT2D eigenvalue weighted by molar-refractivity contribution is -0.215. The molecule has 1 aliphatic rings. The lowest BCUT2D eigenvalue weighted by Crippen LogP contribution is -2.56. The van der Waals surface area contributed by atoms with E-state index in [1.54, 1.807) is 11.8 Å². The fraction of sp³-hybridized carbons (Fsp3) is 0.846. The highest BCUT2D eigenvalue weighted by atomic mass is 32.2. The SMILES string of the molecule is CCS[C@H]1OC(CO)[C@@H](OC(C)=O)[C@H](OC(C)=O)C1C. The first-order valence-electron chi connectivity index (χ1n) is 6.63. The summed E-state index contributed by atoms with van der Waals surface area (Å²) in [5.41, 5.74) is -0.215. The molecular formula is C13H22O6S. The lowest BCUT2D eigenvalue weighted by Gasteiger charge is -2.43. The van der Waals surface area contributed by atoms with Crippen LogP contribution in [0.3, 0.4) is 0 Å². The maximum absolute atomic E-state index is 11.3. The summed E-state index contributed by atoms with van der Waals surface area (Å²) in [6, 6.07) is 0. The van der Waals surface area contributed by atoms with E-state index >= 15 is 0 Å². The van der Waals surface area contributed by atoms with Crippen molar-refractivity contribution in [3.05, 3.63) is 0 Å². The molecule has 1 heterocycles. The minimum absolute atomic E-state index is 0.143. The van der Waals surface area contributed by atoms with Crippen molar-refractivity contribution in [2.75, 3.05) is 12.4 Å². The molecule has 0 saturated carbocycles. The number of aliphatic hydroxyl groups is 1. The van der Waals surface area contributed by atoms with E-state index < -0.39 is 30.3 Å². The quantitative estimate of drug-likeness (QED) is 0.757. The summed E-state index contributed by atoms with van der Waals surface area (Å²) in [7, 11) is 0. The predicted molar refractivity (Wildman–Crippen MR) is 74.2 cm³/mol. The highest BCUT2D eigenvalue weighted by Crippen LogP contribution is 2.35. The number of thioether (sulfide) groups is 1. The van der Waals surface area contributed by atoms with Gasteiger partial charge in [-0.3, -0.25) is 9.59 Å². The second-order valence-corrected chi connectivity index (χ2v) is 6.06. The molecule has 20 heavy (non-hydrogen) atoms. The zero-order chi connectivity index (χ0) is 15.3. The number of esters is 2. The molecule has 5 atom stereocenters. The normalized spacial score (nSPS) is 33.5. The van der Waals surface area contributed by atoms with Gasteiger partial charge in [0.1, 0.15) is 17.6 Å². The zero-order valence-electron chi connectivity index (χ0n) is 12.2. The second kappa shape index (κ2) is 7.85. The maximum atomic E-state index is 11.3. The van der Waals surface area contributed by atoms with Gasteiger partial charge in [0.05, 0.1) is 6.61 Å². The van der Waals surface area contributed by atoms with Crippen LogP contribution in [-0.2, 0) is 23.8 Å². The van der Waals surface area contributed by atoms with E-state index in [1.165, 1.54) is 13.8 Å². The van der Waals surface area contributed by atoms with Gasteiger partial charge in [0, 0.05) is 19.8 Å². The third-order valence-electron chi connectivity index (χ3n) is 3.06. The van der Waals surface area contributed by atoms with Crippen LogP contribution in [0.1, 0.15) is 27.7 Å². The average Bonchev–Trinajstić information content (AvgIpc) is 2.36. The zero-order valence-corrected chi connectivity index (χ0v) is 13.0. The molecule has 0 aliphatic carbocycles. The van der Waals surface area contributed by atoms with Crippen LogP contribution in [-0.4, -0.2) is 53.2 Å². The molecule has 0 amide bonds. The molecule has 1 rings (SSSR count). The van der Waals surface area contributed by atoms with Crippen molar-refractivity contribution in [2.45, 2.75) is 51.4 Å². The Bertz CT molecular complexity index is 348. The molecule has 1 N–H and O–H groups in total.